The number of benzene rings is 2. The number of nitrogens with two attached hydrogens (primary N) is 1. The summed E-state index contributed by atoms with van der Waals surface area (Å²) in [6.45, 7) is 1.92. The topological polar surface area (TPSA) is 75.4 Å². The second kappa shape index (κ2) is 6.11. The second-order valence-corrected chi connectivity index (χ2v) is 6.12. The zero-order valence-electron chi connectivity index (χ0n) is 11.5. The third kappa shape index (κ3) is 2.98. The molecule has 0 unspecified atom stereocenters. The summed E-state index contributed by atoms with van der Waals surface area (Å²) in [5.74, 6) is 4.94. The molecule has 5 nitrogen and oxygen atoms in total. The monoisotopic (exact) mass is 309 g/mol. The van der Waals surface area contributed by atoms with Crippen molar-refractivity contribution >= 4 is 21.4 Å². The van der Waals surface area contributed by atoms with Crippen LogP contribution in [0.5, 0.6) is 0 Å². The number of para-hydroxylation sites is 1. The van der Waals surface area contributed by atoms with Gasteiger partial charge >= 0.3 is 0 Å². The Balaban J connectivity index is 2.52. The molecule has 0 aliphatic carbocycles. The van der Waals surface area contributed by atoms with Gasteiger partial charge in [0.2, 0.25) is 0 Å². The number of nitrogens with one attached hydrogen (secondary N) is 1. The Bertz CT molecular complexity index is 717. The first-order chi connectivity index (χ1) is 10.0. The highest BCUT2D eigenvalue weighted by Gasteiger charge is 2.26. The van der Waals surface area contributed by atoms with Crippen molar-refractivity contribution < 1.29 is 12.8 Å². The number of nitrogen functional groups attached to an aromatic ring is 1. The number of hydrogen-bond acceptors (Lipinski definition) is 4. The molecule has 0 aliphatic rings. The molecule has 0 spiro atoms. The molecule has 0 heterocycles. The summed E-state index contributed by atoms with van der Waals surface area (Å²) >= 11 is 0. The molecule has 3 N–H and O–H groups in total. The summed E-state index contributed by atoms with van der Waals surface area (Å²) in [6, 6.07) is 11.6. The molecule has 0 aliphatic heterocycles. The minimum absolute atomic E-state index is 0.0682. The smallest absolute Gasteiger partial charge is 0.266 e. The first-order valence-electron chi connectivity index (χ1n) is 6.34. The highest BCUT2D eigenvalue weighted by Crippen LogP contribution is 2.27. The van der Waals surface area contributed by atoms with Gasteiger partial charge < -0.3 is 5.43 Å². The molecule has 21 heavy (non-hydrogen) atoms. The van der Waals surface area contributed by atoms with Crippen molar-refractivity contribution in [3.63, 3.8) is 0 Å². The molecule has 0 amide bonds. The van der Waals surface area contributed by atoms with Gasteiger partial charge in [-0.3, -0.25) is 10.1 Å². The quantitative estimate of drug-likeness (QED) is 0.656. The Morgan fingerprint density at radius 2 is 1.76 bits per heavy atom. The van der Waals surface area contributed by atoms with Gasteiger partial charge in [0.1, 0.15) is 10.7 Å². The molecule has 0 radical (unpaired) electrons. The highest BCUT2D eigenvalue weighted by molar-refractivity contribution is 7.93. The van der Waals surface area contributed by atoms with Crippen molar-refractivity contribution in [1.29, 1.82) is 0 Å². The van der Waals surface area contributed by atoms with Gasteiger partial charge in [-0.1, -0.05) is 12.1 Å². The molecular formula is C14H16FN3O2S. The zero-order valence-corrected chi connectivity index (χ0v) is 12.3. The number of halogens is 1. The number of anilines is 2. The van der Waals surface area contributed by atoms with E-state index in [4.69, 9.17) is 5.84 Å². The van der Waals surface area contributed by atoms with Crippen LogP contribution in [-0.2, 0) is 10.0 Å². The molecule has 0 aromatic heterocycles. The molecule has 7 heteroatoms. The maximum atomic E-state index is 13.0. The fourth-order valence-electron chi connectivity index (χ4n) is 2.03. The van der Waals surface area contributed by atoms with Gasteiger partial charge in [-0.05, 0) is 43.3 Å². The van der Waals surface area contributed by atoms with E-state index in [0.29, 0.717) is 11.4 Å². The molecule has 0 fully saturated rings. The van der Waals surface area contributed by atoms with E-state index < -0.39 is 15.8 Å². The van der Waals surface area contributed by atoms with Crippen molar-refractivity contribution in [2.45, 2.75) is 11.8 Å². The van der Waals surface area contributed by atoms with Gasteiger partial charge in [-0.2, -0.15) is 0 Å². The SMILES string of the molecule is CCN(c1ccc(F)cc1)S(=O)(=O)c1ccccc1NN. The summed E-state index contributed by atoms with van der Waals surface area (Å²) in [5.41, 5.74) is 3.07. The van der Waals surface area contributed by atoms with Crippen molar-refractivity contribution in [2.75, 3.05) is 16.3 Å². The molecule has 2 rings (SSSR count). The van der Waals surface area contributed by atoms with E-state index in [9.17, 15) is 12.8 Å². The van der Waals surface area contributed by atoms with Crippen molar-refractivity contribution in [3.8, 4) is 0 Å². The summed E-state index contributed by atoms with van der Waals surface area (Å²) in [5, 5.41) is 0. The highest BCUT2D eigenvalue weighted by atomic mass is 32.2. The van der Waals surface area contributed by atoms with Crippen LogP contribution >= 0.6 is 0 Å². The summed E-state index contributed by atoms with van der Waals surface area (Å²) in [6.07, 6.45) is 0. The second-order valence-electron chi connectivity index (χ2n) is 4.29. The van der Waals surface area contributed by atoms with Crippen LogP contribution in [0.15, 0.2) is 53.4 Å². The normalized spacial score (nSPS) is 11.2. The van der Waals surface area contributed by atoms with E-state index in [1.807, 2.05) is 0 Å². The van der Waals surface area contributed by atoms with E-state index in [2.05, 4.69) is 5.43 Å². The first-order valence-corrected chi connectivity index (χ1v) is 7.78. The Morgan fingerprint density at radius 3 is 2.33 bits per heavy atom. The van der Waals surface area contributed by atoms with Gasteiger partial charge in [0.15, 0.2) is 0 Å². The zero-order chi connectivity index (χ0) is 15.5. The number of hydrogen-bond donors (Lipinski definition) is 2. The van der Waals surface area contributed by atoms with Crippen molar-refractivity contribution in [1.82, 2.24) is 0 Å². The van der Waals surface area contributed by atoms with E-state index in [1.165, 1.54) is 34.6 Å². The van der Waals surface area contributed by atoms with E-state index in [-0.39, 0.29) is 11.4 Å². The van der Waals surface area contributed by atoms with Crippen LogP contribution in [0.4, 0.5) is 15.8 Å². The Kier molecular flexibility index (Phi) is 4.44. The van der Waals surface area contributed by atoms with Crippen molar-refractivity contribution in [3.05, 3.63) is 54.3 Å². The standard InChI is InChI=1S/C14H16FN3O2S/c1-2-18(12-9-7-11(15)8-10-12)21(19,20)14-6-4-3-5-13(14)17-16/h3-10,17H,2,16H2,1H3. The Morgan fingerprint density at radius 1 is 1.14 bits per heavy atom. The minimum Gasteiger partial charge on any atom is -0.323 e. The van der Waals surface area contributed by atoms with E-state index in [1.54, 1.807) is 25.1 Å². The van der Waals surface area contributed by atoms with Crippen LogP contribution in [0.1, 0.15) is 6.92 Å². The minimum atomic E-state index is -3.79. The lowest BCUT2D eigenvalue weighted by atomic mass is 10.3. The maximum Gasteiger partial charge on any atom is 0.266 e. The van der Waals surface area contributed by atoms with Crippen LogP contribution < -0.4 is 15.6 Å². The maximum absolute atomic E-state index is 13.0. The van der Waals surface area contributed by atoms with Crippen LogP contribution in [0.3, 0.4) is 0 Å². The van der Waals surface area contributed by atoms with Crippen LogP contribution in [0, 0.1) is 5.82 Å². The molecule has 0 saturated heterocycles. The van der Waals surface area contributed by atoms with Crippen LogP contribution in [-0.4, -0.2) is 15.0 Å². The largest absolute Gasteiger partial charge is 0.323 e. The lowest BCUT2D eigenvalue weighted by molar-refractivity contribution is 0.591. The third-order valence-electron chi connectivity index (χ3n) is 3.01. The number of sulfonamides is 1. The van der Waals surface area contributed by atoms with Crippen LogP contribution in [0.2, 0.25) is 0 Å². The fourth-order valence-corrected chi connectivity index (χ4v) is 3.66. The van der Waals surface area contributed by atoms with Gasteiger partial charge in [-0.25, -0.2) is 12.8 Å². The average Bonchev–Trinajstić information content (AvgIpc) is 2.49. The lowest BCUT2D eigenvalue weighted by Gasteiger charge is -2.24. The predicted octanol–water partition coefficient (Wildman–Crippen LogP) is 2.33. The fraction of sp³-hybridized carbons (Fsp3) is 0.143. The molecule has 0 atom stereocenters. The lowest BCUT2D eigenvalue weighted by Crippen LogP contribution is -2.31. The molecule has 0 saturated carbocycles. The van der Waals surface area contributed by atoms with Gasteiger partial charge in [0, 0.05) is 6.54 Å². The summed E-state index contributed by atoms with van der Waals surface area (Å²) < 4.78 is 39.7. The molecular weight excluding hydrogens is 293 g/mol. The number of nitrogens with zero attached hydrogens (tertiary/aromatic N) is 1. The molecule has 112 valence electrons. The van der Waals surface area contributed by atoms with Crippen LogP contribution in [0.25, 0.3) is 0 Å². The summed E-state index contributed by atoms with van der Waals surface area (Å²) in [7, 11) is -3.79. The molecule has 0 bridgehead atoms. The van der Waals surface area contributed by atoms with Crippen molar-refractivity contribution in [2.24, 2.45) is 5.84 Å². The van der Waals surface area contributed by atoms with E-state index >= 15 is 0 Å². The Labute approximate surface area is 123 Å². The predicted molar refractivity (Wildman–Crippen MR) is 80.9 cm³/mol. The molecule has 2 aromatic carbocycles. The summed E-state index contributed by atoms with van der Waals surface area (Å²) in [4.78, 5) is 0.0682. The average molecular weight is 309 g/mol. The van der Waals surface area contributed by atoms with Gasteiger partial charge in [0.25, 0.3) is 10.0 Å². The first kappa shape index (κ1) is 15.3. The number of rotatable bonds is 5. The van der Waals surface area contributed by atoms with E-state index in [0.717, 1.165) is 0 Å². The van der Waals surface area contributed by atoms with Gasteiger partial charge in [0.05, 0.1) is 11.4 Å². The number of hydrazine groups is 1. The molecule has 2 aromatic rings. The third-order valence-corrected chi connectivity index (χ3v) is 4.97. The Hall–Kier alpha value is -2.12. The van der Waals surface area contributed by atoms with Gasteiger partial charge in [-0.15, -0.1) is 0 Å².